The number of unbranched alkanes of at least 4 members (excludes halogenated alkanes) is 12. The van der Waals surface area contributed by atoms with Crippen molar-refractivity contribution in [2.45, 2.75) is 144 Å². The van der Waals surface area contributed by atoms with Crippen molar-refractivity contribution in [1.82, 2.24) is 0 Å². The van der Waals surface area contributed by atoms with Crippen LogP contribution in [0.25, 0.3) is 0 Å². The first-order valence-corrected chi connectivity index (χ1v) is 13.6. The summed E-state index contributed by atoms with van der Waals surface area (Å²) in [6.07, 6.45) is 20.0. The van der Waals surface area contributed by atoms with E-state index in [1.54, 1.807) is 0 Å². The maximum Gasteiger partial charge on any atom is 0.316 e. The van der Waals surface area contributed by atoms with Gasteiger partial charge in [0.05, 0.1) is 6.61 Å². The minimum Gasteiger partial charge on any atom is -0.465 e. The van der Waals surface area contributed by atoms with Crippen molar-refractivity contribution in [2.24, 2.45) is 17.8 Å². The molecule has 0 aliphatic rings. The van der Waals surface area contributed by atoms with Crippen LogP contribution in [0.4, 0.5) is 0 Å². The van der Waals surface area contributed by atoms with Gasteiger partial charge in [-0.05, 0) is 24.7 Å². The molecule has 0 saturated carbocycles. The fraction of sp³-hybridized carbons (Fsp3) is 0.929. The van der Waals surface area contributed by atoms with E-state index in [-0.39, 0.29) is 11.8 Å². The van der Waals surface area contributed by atoms with Crippen molar-refractivity contribution >= 4 is 11.8 Å². The Labute approximate surface area is 194 Å². The van der Waals surface area contributed by atoms with E-state index in [9.17, 15) is 9.59 Å². The monoisotopic (exact) mass is 438 g/mol. The number of hydrogen-bond donors (Lipinski definition) is 0. The van der Waals surface area contributed by atoms with Crippen LogP contribution >= 0.6 is 0 Å². The molecule has 0 bridgehead atoms. The molecule has 3 heteroatoms. The number of hydrogen-bond acceptors (Lipinski definition) is 3. The Bertz CT molecular complexity index is 428. The van der Waals surface area contributed by atoms with Gasteiger partial charge >= 0.3 is 5.97 Å². The lowest BCUT2D eigenvalue weighted by Crippen LogP contribution is -2.27. The molecule has 0 radical (unpaired) electrons. The van der Waals surface area contributed by atoms with Crippen molar-refractivity contribution < 1.29 is 14.3 Å². The molecular formula is C28H54O3. The van der Waals surface area contributed by atoms with Crippen LogP contribution in [0.5, 0.6) is 0 Å². The van der Waals surface area contributed by atoms with E-state index in [2.05, 4.69) is 20.8 Å². The van der Waals surface area contributed by atoms with Crippen LogP contribution in [0.1, 0.15) is 144 Å². The van der Waals surface area contributed by atoms with Crippen LogP contribution in [-0.4, -0.2) is 18.4 Å². The van der Waals surface area contributed by atoms with Gasteiger partial charge in [0.25, 0.3) is 0 Å². The van der Waals surface area contributed by atoms with Crippen LogP contribution in [0.3, 0.4) is 0 Å². The van der Waals surface area contributed by atoms with Crippen molar-refractivity contribution in [3.63, 3.8) is 0 Å². The van der Waals surface area contributed by atoms with Crippen LogP contribution in [0.2, 0.25) is 0 Å². The highest BCUT2D eigenvalue weighted by atomic mass is 16.5. The van der Waals surface area contributed by atoms with Crippen LogP contribution < -0.4 is 0 Å². The van der Waals surface area contributed by atoms with Gasteiger partial charge in [-0.3, -0.25) is 9.59 Å². The predicted molar refractivity (Wildman–Crippen MR) is 133 cm³/mol. The number of esters is 1. The fourth-order valence-electron chi connectivity index (χ4n) is 3.96. The molecule has 31 heavy (non-hydrogen) atoms. The van der Waals surface area contributed by atoms with Gasteiger partial charge in [0.1, 0.15) is 11.7 Å². The van der Waals surface area contributed by atoms with Crippen molar-refractivity contribution in [2.75, 3.05) is 6.61 Å². The fourth-order valence-corrected chi connectivity index (χ4v) is 3.96. The molecule has 1 unspecified atom stereocenters. The molecule has 0 aromatic heterocycles. The van der Waals surface area contributed by atoms with Crippen molar-refractivity contribution in [1.29, 1.82) is 0 Å². The summed E-state index contributed by atoms with van der Waals surface area (Å²) in [5.41, 5.74) is 0. The maximum atomic E-state index is 12.6. The summed E-state index contributed by atoms with van der Waals surface area (Å²) in [6, 6.07) is 0. The Morgan fingerprint density at radius 3 is 1.55 bits per heavy atom. The van der Waals surface area contributed by atoms with Gasteiger partial charge in [-0.1, -0.05) is 125 Å². The number of rotatable bonds is 22. The Balaban J connectivity index is 3.71. The molecule has 3 nitrogen and oxygen atoms in total. The highest BCUT2D eigenvalue weighted by molar-refractivity contribution is 5.98. The zero-order chi connectivity index (χ0) is 23.3. The molecule has 0 rings (SSSR count). The number of carbonyl (C=O) groups is 2. The van der Waals surface area contributed by atoms with Crippen LogP contribution in [-0.2, 0) is 14.3 Å². The molecule has 0 aliphatic carbocycles. The quantitative estimate of drug-likeness (QED) is 0.0964. The lowest BCUT2D eigenvalue weighted by Gasteiger charge is -2.16. The smallest absolute Gasteiger partial charge is 0.316 e. The predicted octanol–water partition coefficient (Wildman–Crippen LogP) is 8.68. The van der Waals surface area contributed by atoms with E-state index < -0.39 is 5.92 Å². The van der Waals surface area contributed by atoms with Gasteiger partial charge in [0, 0.05) is 6.42 Å². The van der Waals surface area contributed by atoms with Gasteiger partial charge in [0.15, 0.2) is 0 Å². The molecule has 0 aromatic rings. The average molecular weight is 439 g/mol. The van der Waals surface area contributed by atoms with E-state index >= 15 is 0 Å². The largest absolute Gasteiger partial charge is 0.465 e. The Kier molecular flexibility index (Phi) is 20.4. The van der Waals surface area contributed by atoms with Crippen LogP contribution in [0.15, 0.2) is 0 Å². The zero-order valence-corrected chi connectivity index (χ0v) is 21.7. The summed E-state index contributed by atoms with van der Waals surface area (Å²) < 4.78 is 5.35. The molecule has 0 heterocycles. The van der Waals surface area contributed by atoms with Gasteiger partial charge in [-0.15, -0.1) is 0 Å². The van der Waals surface area contributed by atoms with Gasteiger partial charge in [-0.2, -0.15) is 0 Å². The summed E-state index contributed by atoms with van der Waals surface area (Å²) in [7, 11) is 0. The van der Waals surface area contributed by atoms with Crippen molar-refractivity contribution in [3.8, 4) is 0 Å². The third kappa shape index (κ3) is 19.5. The normalized spacial score (nSPS) is 12.5. The summed E-state index contributed by atoms with van der Waals surface area (Å²) in [4.78, 5) is 24.9. The molecule has 0 N–H and O–H groups in total. The molecule has 1 atom stereocenters. The second-order valence-corrected chi connectivity index (χ2v) is 10.4. The molecule has 184 valence electrons. The molecule has 0 aromatic carbocycles. The minimum absolute atomic E-state index is 0.0931. The highest BCUT2D eigenvalue weighted by Gasteiger charge is 2.27. The van der Waals surface area contributed by atoms with Crippen LogP contribution in [0, 0.1) is 17.8 Å². The SMILES string of the molecule is CCCCC(C(=O)CCCCCCCCCCCCCCC(C)C)C(=O)OCC(C)C. The average Bonchev–Trinajstić information content (AvgIpc) is 2.72. The molecule has 0 amide bonds. The third-order valence-corrected chi connectivity index (χ3v) is 6.03. The number of ether oxygens (including phenoxy) is 1. The Morgan fingerprint density at radius 1 is 0.613 bits per heavy atom. The van der Waals surface area contributed by atoms with E-state index in [0.717, 1.165) is 31.6 Å². The molecule has 0 saturated heterocycles. The van der Waals surface area contributed by atoms with Crippen molar-refractivity contribution in [3.05, 3.63) is 0 Å². The highest BCUT2D eigenvalue weighted by Crippen LogP contribution is 2.18. The second-order valence-electron chi connectivity index (χ2n) is 10.4. The summed E-state index contributed by atoms with van der Waals surface area (Å²) in [5.74, 6) is 0.416. The lowest BCUT2D eigenvalue weighted by molar-refractivity contribution is -0.153. The minimum atomic E-state index is -0.538. The second kappa shape index (κ2) is 21.0. The van der Waals surface area contributed by atoms with Gasteiger partial charge in [0.2, 0.25) is 0 Å². The lowest BCUT2D eigenvalue weighted by atomic mass is 9.93. The first-order chi connectivity index (χ1) is 14.9. The Morgan fingerprint density at radius 2 is 1.10 bits per heavy atom. The van der Waals surface area contributed by atoms with E-state index in [0.29, 0.717) is 25.4 Å². The first-order valence-electron chi connectivity index (χ1n) is 13.6. The van der Waals surface area contributed by atoms with E-state index in [1.165, 1.54) is 70.6 Å². The first kappa shape index (κ1) is 30.1. The standard InChI is InChI=1S/C28H54O3/c1-6-7-21-26(28(30)31-23-25(4)5)27(29)22-19-17-15-13-11-9-8-10-12-14-16-18-20-24(2)3/h24-26H,6-23H2,1-5H3. The summed E-state index contributed by atoms with van der Waals surface area (Å²) in [5, 5.41) is 0. The third-order valence-electron chi connectivity index (χ3n) is 6.03. The maximum absolute atomic E-state index is 12.6. The van der Waals surface area contributed by atoms with Gasteiger partial charge in [-0.25, -0.2) is 0 Å². The summed E-state index contributed by atoms with van der Waals surface area (Å²) in [6.45, 7) is 11.2. The molecule has 0 aliphatic heterocycles. The van der Waals surface area contributed by atoms with Gasteiger partial charge < -0.3 is 4.74 Å². The zero-order valence-electron chi connectivity index (χ0n) is 21.7. The Hall–Kier alpha value is -0.860. The number of Topliss-reactive ketones (excluding diaryl/α,β-unsaturated/α-hetero) is 1. The topological polar surface area (TPSA) is 43.4 Å². The molecular weight excluding hydrogens is 384 g/mol. The van der Waals surface area contributed by atoms with E-state index in [1.807, 2.05) is 13.8 Å². The number of carbonyl (C=O) groups excluding carboxylic acids is 2. The molecule has 0 spiro atoms. The molecule has 0 fully saturated rings. The van der Waals surface area contributed by atoms with E-state index in [4.69, 9.17) is 4.74 Å². The number of ketones is 1. The summed E-state index contributed by atoms with van der Waals surface area (Å²) >= 11 is 0.